The van der Waals surface area contributed by atoms with E-state index in [4.69, 9.17) is 0 Å². The van der Waals surface area contributed by atoms with Gasteiger partial charge in [-0.2, -0.15) is 0 Å². The number of benzene rings is 2. The third kappa shape index (κ3) is 4.87. The summed E-state index contributed by atoms with van der Waals surface area (Å²) in [5.41, 5.74) is 2.18. The lowest BCUT2D eigenvalue weighted by molar-refractivity contribution is -0.131. The second kappa shape index (κ2) is 8.08. The van der Waals surface area contributed by atoms with E-state index in [-0.39, 0.29) is 5.91 Å². The van der Waals surface area contributed by atoms with Crippen molar-refractivity contribution in [3.63, 3.8) is 0 Å². The van der Waals surface area contributed by atoms with E-state index in [1.165, 1.54) is 5.56 Å². The third-order valence-corrected chi connectivity index (χ3v) is 5.46. The van der Waals surface area contributed by atoms with E-state index in [1.807, 2.05) is 49.3 Å². The highest BCUT2D eigenvalue weighted by molar-refractivity contribution is 9.10. The van der Waals surface area contributed by atoms with Gasteiger partial charge in [-0.05, 0) is 36.9 Å². The number of likely N-dealkylation sites (N-methyl/N-ethyl adjacent to an activating group) is 2. The average molecular weight is 418 g/mol. The van der Waals surface area contributed by atoms with Crippen molar-refractivity contribution in [3.05, 3.63) is 63.6 Å². The van der Waals surface area contributed by atoms with Crippen LogP contribution in [0.25, 0.3) is 10.2 Å². The minimum Gasteiger partial charge on any atom is -0.338 e. The summed E-state index contributed by atoms with van der Waals surface area (Å²) in [4.78, 5) is 20.8. The number of carbonyl (C=O) groups excluding carboxylic acids is 1. The van der Waals surface area contributed by atoms with Gasteiger partial charge < -0.3 is 4.90 Å². The minimum atomic E-state index is 0.0962. The molecule has 25 heavy (non-hydrogen) atoms. The fraction of sp³-hybridized carbons (Fsp3) is 0.263. The van der Waals surface area contributed by atoms with Gasteiger partial charge in [-0.3, -0.25) is 9.69 Å². The summed E-state index contributed by atoms with van der Waals surface area (Å²) in [6, 6.07) is 16.2. The van der Waals surface area contributed by atoms with E-state index in [0.29, 0.717) is 13.1 Å². The summed E-state index contributed by atoms with van der Waals surface area (Å²) >= 11 is 5.08. The maximum absolute atomic E-state index is 12.5. The van der Waals surface area contributed by atoms with Crippen molar-refractivity contribution in [2.75, 3.05) is 20.6 Å². The highest BCUT2D eigenvalue weighted by atomic mass is 79.9. The van der Waals surface area contributed by atoms with Gasteiger partial charge in [0.2, 0.25) is 5.91 Å². The number of fused-ring (bicyclic) bond motifs is 1. The number of halogens is 1. The summed E-state index contributed by atoms with van der Waals surface area (Å²) in [5, 5.41) is 0.965. The van der Waals surface area contributed by atoms with E-state index in [9.17, 15) is 4.79 Å². The molecule has 0 saturated heterocycles. The van der Waals surface area contributed by atoms with E-state index in [1.54, 1.807) is 16.2 Å². The predicted octanol–water partition coefficient (Wildman–Crippen LogP) is 4.15. The molecule has 0 unspecified atom stereocenters. The molecule has 0 bridgehead atoms. The van der Waals surface area contributed by atoms with Crippen LogP contribution in [-0.2, 0) is 17.9 Å². The second-order valence-corrected chi connectivity index (χ2v) is 8.15. The second-order valence-electron chi connectivity index (χ2n) is 6.12. The van der Waals surface area contributed by atoms with Crippen LogP contribution in [0.3, 0.4) is 0 Å². The van der Waals surface area contributed by atoms with Gasteiger partial charge >= 0.3 is 0 Å². The maximum Gasteiger partial charge on any atom is 0.236 e. The Morgan fingerprint density at radius 1 is 1.08 bits per heavy atom. The molecule has 3 aromatic rings. The molecule has 1 heterocycles. The van der Waals surface area contributed by atoms with Crippen molar-refractivity contribution >= 4 is 43.4 Å². The lowest BCUT2D eigenvalue weighted by Crippen LogP contribution is -2.36. The van der Waals surface area contributed by atoms with E-state index in [2.05, 4.69) is 39.1 Å². The average Bonchev–Trinajstić information content (AvgIpc) is 2.99. The number of hydrogen-bond donors (Lipinski definition) is 0. The first kappa shape index (κ1) is 18.0. The zero-order valence-corrected chi connectivity index (χ0v) is 16.7. The quantitative estimate of drug-likeness (QED) is 0.604. The first-order valence-electron chi connectivity index (χ1n) is 8.02. The molecule has 6 heteroatoms. The van der Waals surface area contributed by atoms with Crippen LogP contribution in [0.1, 0.15) is 10.6 Å². The Balaban J connectivity index is 1.55. The SMILES string of the molecule is CN(CC(=O)N(C)Cc1nc2ccccc2s1)Cc1ccc(Br)cc1. The van der Waals surface area contributed by atoms with Crippen molar-refractivity contribution < 1.29 is 4.79 Å². The van der Waals surface area contributed by atoms with Crippen LogP contribution in [0.15, 0.2) is 53.0 Å². The van der Waals surface area contributed by atoms with Gasteiger partial charge in [-0.25, -0.2) is 4.98 Å². The Labute approximate surface area is 160 Å². The number of carbonyl (C=O) groups is 1. The molecule has 0 atom stereocenters. The summed E-state index contributed by atoms with van der Waals surface area (Å²) in [6.45, 7) is 1.68. The van der Waals surface area contributed by atoms with Crippen LogP contribution in [0.5, 0.6) is 0 Å². The van der Waals surface area contributed by atoms with Gasteiger partial charge in [-0.1, -0.05) is 40.2 Å². The van der Waals surface area contributed by atoms with E-state index < -0.39 is 0 Å². The molecule has 4 nitrogen and oxygen atoms in total. The Bertz CT molecular complexity index is 829. The number of rotatable bonds is 6. The molecule has 0 N–H and O–H groups in total. The Hall–Kier alpha value is -1.76. The van der Waals surface area contributed by atoms with E-state index in [0.717, 1.165) is 26.2 Å². The van der Waals surface area contributed by atoms with Crippen molar-refractivity contribution in [3.8, 4) is 0 Å². The highest BCUT2D eigenvalue weighted by Gasteiger charge is 2.14. The summed E-state index contributed by atoms with van der Waals surface area (Å²) in [5.74, 6) is 0.0962. The molecule has 0 aliphatic carbocycles. The number of nitrogens with zero attached hydrogens (tertiary/aromatic N) is 3. The molecule has 0 aliphatic rings. The number of aromatic nitrogens is 1. The van der Waals surface area contributed by atoms with Crippen LogP contribution < -0.4 is 0 Å². The molecule has 1 amide bonds. The van der Waals surface area contributed by atoms with Gasteiger partial charge in [0.15, 0.2) is 0 Å². The van der Waals surface area contributed by atoms with Crippen LogP contribution in [0, 0.1) is 0 Å². The first-order valence-corrected chi connectivity index (χ1v) is 9.63. The topological polar surface area (TPSA) is 36.4 Å². The summed E-state index contributed by atoms with van der Waals surface area (Å²) in [7, 11) is 3.80. The van der Waals surface area contributed by atoms with Gasteiger partial charge in [0, 0.05) is 18.1 Å². The molecule has 0 radical (unpaired) electrons. The zero-order valence-electron chi connectivity index (χ0n) is 14.3. The van der Waals surface area contributed by atoms with E-state index >= 15 is 0 Å². The van der Waals surface area contributed by atoms with Crippen LogP contribution >= 0.6 is 27.3 Å². The molecule has 3 rings (SSSR count). The number of thiazole rings is 1. The van der Waals surface area contributed by atoms with Gasteiger partial charge in [-0.15, -0.1) is 11.3 Å². The predicted molar refractivity (Wildman–Crippen MR) is 107 cm³/mol. The molecular formula is C19H20BrN3OS. The molecule has 0 saturated carbocycles. The van der Waals surface area contributed by atoms with Crippen molar-refractivity contribution in [1.82, 2.24) is 14.8 Å². The van der Waals surface area contributed by atoms with Gasteiger partial charge in [0.25, 0.3) is 0 Å². The van der Waals surface area contributed by atoms with Crippen LogP contribution in [0.2, 0.25) is 0 Å². The largest absolute Gasteiger partial charge is 0.338 e. The normalized spacial score (nSPS) is 11.2. The molecule has 0 spiro atoms. The van der Waals surface area contributed by atoms with Crippen molar-refractivity contribution in [2.45, 2.75) is 13.1 Å². The third-order valence-electron chi connectivity index (χ3n) is 3.91. The lowest BCUT2D eigenvalue weighted by Gasteiger charge is -2.21. The monoisotopic (exact) mass is 417 g/mol. The fourth-order valence-corrected chi connectivity index (χ4v) is 3.87. The molecule has 1 aromatic heterocycles. The standard InChI is InChI=1S/C19H20BrN3OS/c1-22(11-14-7-9-15(20)10-8-14)13-19(24)23(2)12-18-21-16-5-3-4-6-17(16)25-18/h3-10H,11-13H2,1-2H3. The van der Waals surface area contributed by atoms with Crippen LogP contribution in [0.4, 0.5) is 0 Å². The Kier molecular flexibility index (Phi) is 5.83. The number of para-hydroxylation sites is 1. The molecular weight excluding hydrogens is 398 g/mol. The summed E-state index contributed by atoms with van der Waals surface area (Å²) in [6.07, 6.45) is 0. The van der Waals surface area contributed by atoms with Gasteiger partial charge in [0.1, 0.15) is 5.01 Å². The minimum absolute atomic E-state index is 0.0962. The Morgan fingerprint density at radius 2 is 1.80 bits per heavy atom. The van der Waals surface area contributed by atoms with Crippen molar-refractivity contribution in [1.29, 1.82) is 0 Å². The molecule has 130 valence electrons. The molecule has 0 aliphatic heterocycles. The maximum atomic E-state index is 12.5. The fourth-order valence-electron chi connectivity index (χ4n) is 2.59. The van der Waals surface area contributed by atoms with Crippen molar-refractivity contribution in [2.24, 2.45) is 0 Å². The number of hydrogen-bond acceptors (Lipinski definition) is 4. The lowest BCUT2D eigenvalue weighted by atomic mass is 10.2. The van der Waals surface area contributed by atoms with Gasteiger partial charge in [0.05, 0.1) is 23.3 Å². The zero-order chi connectivity index (χ0) is 17.8. The number of amides is 1. The molecule has 0 fully saturated rings. The van der Waals surface area contributed by atoms with Crippen LogP contribution in [-0.4, -0.2) is 41.3 Å². The molecule has 2 aromatic carbocycles. The Morgan fingerprint density at radius 3 is 2.52 bits per heavy atom. The summed E-state index contributed by atoms with van der Waals surface area (Å²) < 4.78 is 2.22. The first-order chi connectivity index (χ1) is 12.0. The smallest absolute Gasteiger partial charge is 0.236 e. The highest BCUT2D eigenvalue weighted by Crippen LogP contribution is 2.22.